The van der Waals surface area contributed by atoms with E-state index in [0.29, 0.717) is 0 Å². The lowest BCUT2D eigenvalue weighted by atomic mass is 10.1. The van der Waals surface area contributed by atoms with Gasteiger partial charge in [-0.1, -0.05) is 23.3 Å². The van der Waals surface area contributed by atoms with E-state index < -0.39 is 0 Å². The van der Waals surface area contributed by atoms with Crippen LogP contribution in [0.15, 0.2) is 35.1 Å². The van der Waals surface area contributed by atoms with Gasteiger partial charge in [0.15, 0.2) is 0 Å². The van der Waals surface area contributed by atoms with Gasteiger partial charge in [-0.3, -0.25) is 0 Å². The summed E-state index contributed by atoms with van der Waals surface area (Å²) in [6, 6.07) is 0. The summed E-state index contributed by atoms with van der Waals surface area (Å²) in [4.78, 5) is 0. The number of hydrogen-bond acceptors (Lipinski definition) is 1. The second-order valence-electron chi connectivity index (χ2n) is 2.70. The van der Waals surface area contributed by atoms with Crippen molar-refractivity contribution in [3.8, 4) is 0 Å². The molecule has 0 unspecified atom stereocenters. The maximum Gasteiger partial charge on any atom is 0.0276 e. The van der Waals surface area contributed by atoms with E-state index in [2.05, 4.69) is 19.9 Å². The molecule has 0 aliphatic heterocycles. The summed E-state index contributed by atoms with van der Waals surface area (Å²) in [7, 11) is 0. The second-order valence-corrected chi connectivity index (χ2v) is 2.70. The highest BCUT2D eigenvalue weighted by Crippen LogP contribution is 2.14. The molecule has 0 aromatic rings. The Morgan fingerprint density at radius 2 is 2.00 bits per heavy atom. The van der Waals surface area contributed by atoms with Crippen LogP contribution in [0.5, 0.6) is 0 Å². The fraction of sp³-hybridized carbons (Fsp3) is 0.333. The fourth-order valence-electron chi connectivity index (χ4n) is 0.863. The highest BCUT2D eigenvalue weighted by Gasteiger charge is 1.95. The molecule has 0 fully saturated rings. The molecule has 1 heteroatoms. The van der Waals surface area contributed by atoms with Gasteiger partial charge in [0, 0.05) is 5.70 Å². The van der Waals surface area contributed by atoms with Crippen molar-refractivity contribution in [2.24, 2.45) is 5.73 Å². The molecule has 0 amide bonds. The van der Waals surface area contributed by atoms with Crippen LogP contribution in [0.25, 0.3) is 0 Å². The number of nitrogens with two attached hydrogens (primary N) is 1. The summed E-state index contributed by atoms with van der Waals surface area (Å²) < 4.78 is 0. The molecule has 0 aromatic heterocycles. The molecular weight excluding hydrogens is 122 g/mol. The van der Waals surface area contributed by atoms with Crippen LogP contribution in [-0.4, -0.2) is 0 Å². The third-order valence-electron chi connectivity index (χ3n) is 1.84. The molecule has 10 heavy (non-hydrogen) atoms. The molecule has 2 N–H and O–H groups in total. The Bertz CT molecular complexity index is 219. The van der Waals surface area contributed by atoms with Crippen molar-refractivity contribution < 1.29 is 0 Å². The smallest absolute Gasteiger partial charge is 0.0276 e. The Morgan fingerprint density at radius 1 is 1.30 bits per heavy atom. The maximum absolute atomic E-state index is 5.61. The fourth-order valence-corrected chi connectivity index (χ4v) is 0.863. The van der Waals surface area contributed by atoms with Crippen molar-refractivity contribution >= 4 is 0 Å². The summed E-state index contributed by atoms with van der Waals surface area (Å²) in [5.41, 5.74) is 9.21. The molecule has 0 atom stereocenters. The van der Waals surface area contributed by atoms with Gasteiger partial charge in [-0.05, 0) is 26.3 Å². The molecule has 0 saturated heterocycles. The van der Waals surface area contributed by atoms with E-state index in [1.807, 2.05) is 12.2 Å². The lowest BCUT2D eigenvalue weighted by molar-refractivity contribution is 1.16. The van der Waals surface area contributed by atoms with Crippen molar-refractivity contribution in [2.45, 2.75) is 20.3 Å². The first kappa shape index (κ1) is 7.13. The van der Waals surface area contributed by atoms with Crippen LogP contribution < -0.4 is 5.73 Å². The molecule has 1 aliphatic rings. The van der Waals surface area contributed by atoms with Crippen LogP contribution in [0.2, 0.25) is 0 Å². The lowest BCUT2D eigenvalue weighted by Crippen LogP contribution is -1.90. The summed E-state index contributed by atoms with van der Waals surface area (Å²) in [6.07, 6.45) is 7.05. The normalized spacial score (nSPS) is 18.8. The van der Waals surface area contributed by atoms with Crippen molar-refractivity contribution in [3.05, 3.63) is 35.1 Å². The molecule has 0 heterocycles. The third kappa shape index (κ3) is 1.50. The number of rotatable bonds is 0. The van der Waals surface area contributed by atoms with Crippen LogP contribution >= 0.6 is 0 Å². The van der Waals surface area contributed by atoms with Gasteiger partial charge >= 0.3 is 0 Å². The zero-order valence-corrected chi connectivity index (χ0v) is 6.52. The van der Waals surface area contributed by atoms with Crippen molar-refractivity contribution in [2.75, 3.05) is 0 Å². The Hall–Kier alpha value is -0.980. The van der Waals surface area contributed by atoms with Crippen LogP contribution in [0.3, 0.4) is 0 Å². The maximum atomic E-state index is 5.61. The van der Waals surface area contributed by atoms with E-state index in [-0.39, 0.29) is 0 Å². The van der Waals surface area contributed by atoms with Crippen LogP contribution in [0, 0.1) is 0 Å². The van der Waals surface area contributed by atoms with Gasteiger partial charge in [0.05, 0.1) is 0 Å². The minimum Gasteiger partial charge on any atom is -0.399 e. The first-order chi connectivity index (χ1) is 4.70. The van der Waals surface area contributed by atoms with E-state index in [9.17, 15) is 0 Å². The topological polar surface area (TPSA) is 26.0 Å². The van der Waals surface area contributed by atoms with E-state index in [1.54, 1.807) is 0 Å². The highest BCUT2D eigenvalue weighted by atomic mass is 14.6. The van der Waals surface area contributed by atoms with Crippen LogP contribution in [-0.2, 0) is 0 Å². The molecule has 0 spiro atoms. The van der Waals surface area contributed by atoms with Crippen molar-refractivity contribution in [1.29, 1.82) is 0 Å². The second kappa shape index (κ2) is 2.74. The quantitative estimate of drug-likeness (QED) is 0.541. The van der Waals surface area contributed by atoms with Gasteiger partial charge in [-0.2, -0.15) is 0 Å². The molecule has 0 bridgehead atoms. The minimum atomic E-state index is 0.871. The monoisotopic (exact) mass is 135 g/mol. The number of allylic oxidation sites excluding steroid dienone is 5. The van der Waals surface area contributed by atoms with Gasteiger partial charge in [0.25, 0.3) is 0 Å². The predicted octanol–water partition coefficient (Wildman–Crippen LogP) is 2.13. The summed E-state index contributed by atoms with van der Waals surface area (Å²) >= 11 is 0. The SMILES string of the molecule is CC1=C(C)CC=C(N)C=C1. The van der Waals surface area contributed by atoms with Crippen molar-refractivity contribution in [1.82, 2.24) is 0 Å². The molecular formula is C9H13N. The highest BCUT2D eigenvalue weighted by molar-refractivity contribution is 5.33. The Morgan fingerprint density at radius 3 is 2.70 bits per heavy atom. The van der Waals surface area contributed by atoms with E-state index in [0.717, 1.165) is 12.1 Å². The largest absolute Gasteiger partial charge is 0.399 e. The molecule has 0 aromatic carbocycles. The molecule has 1 aliphatic carbocycles. The van der Waals surface area contributed by atoms with Gasteiger partial charge in [0.2, 0.25) is 0 Å². The van der Waals surface area contributed by atoms with E-state index >= 15 is 0 Å². The average Bonchev–Trinajstić information content (AvgIpc) is 2.04. The molecule has 1 nitrogen and oxygen atoms in total. The summed E-state index contributed by atoms with van der Waals surface area (Å²) in [5, 5.41) is 0. The summed E-state index contributed by atoms with van der Waals surface area (Å²) in [5.74, 6) is 0. The minimum absolute atomic E-state index is 0.871. The van der Waals surface area contributed by atoms with Gasteiger partial charge in [-0.25, -0.2) is 0 Å². The Kier molecular flexibility index (Phi) is 1.95. The standard InChI is InChI=1S/C9H13N/c1-7-3-5-9(10)6-4-8(7)2/h3,5-6H,4,10H2,1-2H3. The van der Waals surface area contributed by atoms with Crippen LogP contribution in [0.4, 0.5) is 0 Å². The first-order valence-electron chi connectivity index (χ1n) is 3.50. The van der Waals surface area contributed by atoms with Gasteiger partial charge < -0.3 is 5.73 Å². The molecule has 1 rings (SSSR count). The van der Waals surface area contributed by atoms with Crippen molar-refractivity contribution in [3.63, 3.8) is 0 Å². The molecule has 0 saturated carbocycles. The predicted molar refractivity (Wildman–Crippen MR) is 44.4 cm³/mol. The Balaban J connectivity index is 2.89. The van der Waals surface area contributed by atoms with Crippen LogP contribution in [0.1, 0.15) is 20.3 Å². The summed E-state index contributed by atoms with van der Waals surface area (Å²) in [6.45, 7) is 4.24. The third-order valence-corrected chi connectivity index (χ3v) is 1.84. The Labute approximate surface area is 61.9 Å². The van der Waals surface area contributed by atoms with Gasteiger partial charge in [-0.15, -0.1) is 0 Å². The lowest BCUT2D eigenvalue weighted by Gasteiger charge is -1.95. The number of hydrogen-bond donors (Lipinski definition) is 1. The first-order valence-corrected chi connectivity index (χ1v) is 3.50. The zero-order valence-electron chi connectivity index (χ0n) is 6.52. The van der Waals surface area contributed by atoms with E-state index in [4.69, 9.17) is 5.73 Å². The zero-order chi connectivity index (χ0) is 7.56. The van der Waals surface area contributed by atoms with Gasteiger partial charge in [0.1, 0.15) is 0 Å². The average molecular weight is 135 g/mol. The van der Waals surface area contributed by atoms with E-state index in [1.165, 1.54) is 11.1 Å². The molecule has 0 radical (unpaired) electrons. The molecule has 54 valence electrons.